The molecule has 1 atom stereocenters. The first kappa shape index (κ1) is 8.12. The van der Waals surface area contributed by atoms with Gasteiger partial charge in [-0.2, -0.15) is 5.26 Å². The number of para-hydroxylation sites is 1. The molecule has 1 aliphatic rings. The van der Waals surface area contributed by atoms with Crippen LogP contribution in [0.5, 0.6) is 0 Å². The monoisotopic (exact) mass is 172 g/mol. The molecule has 0 amide bonds. The minimum Gasteiger partial charge on any atom is -0.368 e. The van der Waals surface area contributed by atoms with Gasteiger partial charge in [0.15, 0.2) is 0 Å². The van der Waals surface area contributed by atoms with Gasteiger partial charge in [0.2, 0.25) is 0 Å². The molecule has 1 aliphatic heterocycles. The Hall–Kier alpha value is -1.49. The summed E-state index contributed by atoms with van der Waals surface area (Å²) in [6.45, 7) is 3.28. The van der Waals surface area contributed by atoms with Crippen LogP contribution in [0, 0.1) is 11.3 Å². The van der Waals surface area contributed by atoms with Crippen LogP contribution in [0.15, 0.2) is 24.3 Å². The summed E-state index contributed by atoms with van der Waals surface area (Å²) in [5, 5.41) is 8.90. The van der Waals surface area contributed by atoms with E-state index in [4.69, 9.17) is 5.26 Å². The lowest BCUT2D eigenvalue weighted by molar-refractivity contribution is 0.481. The van der Waals surface area contributed by atoms with Gasteiger partial charge in [0.25, 0.3) is 0 Å². The van der Waals surface area contributed by atoms with Crippen LogP contribution < -0.4 is 4.90 Å². The van der Waals surface area contributed by atoms with Crippen LogP contribution in [0.3, 0.4) is 0 Å². The lowest BCUT2D eigenvalue weighted by Gasteiger charge is -2.41. The van der Waals surface area contributed by atoms with Crippen molar-refractivity contribution >= 4 is 5.69 Å². The fourth-order valence-electron chi connectivity index (χ4n) is 1.69. The fraction of sp³-hybridized carbons (Fsp3) is 0.364. The summed E-state index contributed by atoms with van der Waals surface area (Å²) in [4.78, 5) is 2.28. The number of anilines is 1. The van der Waals surface area contributed by atoms with Gasteiger partial charge < -0.3 is 4.90 Å². The van der Waals surface area contributed by atoms with Crippen molar-refractivity contribution in [1.29, 1.82) is 5.26 Å². The van der Waals surface area contributed by atoms with Gasteiger partial charge in [0.1, 0.15) is 6.07 Å². The van der Waals surface area contributed by atoms with Crippen molar-refractivity contribution in [2.75, 3.05) is 11.4 Å². The highest BCUT2D eigenvalue weighted by molar-refractivity contribution is 5.61. The van der Waals surface area contributed by atoms with E-state index in [0.717, 1.165) is 17.8 Å². The quantitative estimate of drug-likeness (QED) is 0.649. The van der Waals surface area contributed by atoms with Crippen molar-refractivity contribution in [2.24, 2.45) is 0 Å². The predicted molar refractivity (Wildman–Crippen MR) is 52.6 cm³/mol. The number of hydrogen-bond donors (Lipinski definition) is 0. The topological polar surface area (TPSA) is 27.0 Å². The zero-order valence-electron chi connectivity index (χ0n) is 7.70. The number of nitrogens with zero attached hydrogens (tertiary/aromatic N) is 2. The Kier molecular flexibility index (Phi) is 1.94. The molecule has 1 unspecified atom stereocenters. The lowest BCUT2D eigenvalue weighted by atomic mass is 10.0. The number of rotatable bonds is 1. The Morgan fingerprint density at radius 1 is 1.46 bits per heavy atom. The highest BCUT2D eigenvalue weighted by atomic mass is 15.2. The molecule has 2 rings (SSSR count). The predicted octanol–water partition coefficient (Wildman–Crippen LogP) is 2.16. The van der Waals surface area contributed by atoms with E-state index in [0.29, 0.717) is 6.04 Å². The van der Waals surface area contributed by atoms with Crippen LogP contribution >= 0.6 is 0 Å². The van der Waals surface area contributed by atoms with E-state index in [1.54, 1.807) is 0 Å². The molecule has 0 N–H and O–H groups in total. The van der Waals surface area contributed by atoms with Gasteiger partial charge in [-0.3, -0.25) is 0 Å². The molecular formula is C11H12N2. The molecule has 0 radical (unpaired) electrons. The zero-order chi connectivity index (χ0) is 9.26. The van der Waals surface area contributed by atoms with Gasteiger partial charge in [0, 0.05) is 12.6 Å². The lowest BCUT2D eigenvalue weighted by Crippen LogP contribution is -2.46. The molecule has 1 fully saturated rings. The van der Waals surface area contributed by atoms with Crippen molar-refractivity contribution < 1.29 is 0 Å². The van der Waals surface area contributed by atoms with Crippen LogP contribution in [0.2, 0.25) is 0 Å². The van der Waals surface area contributed by atoms with Gasteiger partial charge in [-0.25, -0.2) is 0 Å². The third kappa shape index (κ3) is 1.27. The number of nitriles is 1. The second-order valence-electron chi connectivity index (χ2n) is 3.46. The summed E-state index contributed by atoms with van der Waals surface area (Å²) in [5.74, 6) is 0. The molecule has 0 aliphatic carbocycles. The van der Waals surface area contributed by atoms with Crippen LogP contribution in [0.4, 0.5) is 5.69 Å². The smallest absolute Gasteiger partial charge is 0.101 e. The van der Waals surface area contributed by atoms with E-state index in [2.05, 4.69) is 17.9 Å². The van der Waals surface area contributed by atoms with Crippen molar-refractivity contribution in [3.05, 3.63) is 29.8 Å². The standard InChI is InChI=1S/C11H12N2/c1-9-6-7-13(9)11-5-3-2-4-10(11)8-12/h2-5,9H,6-7H2,1H3. The van der Waals surface area contributed by atoms with Gasteiger partial charge in [-0.1, -0.05) is 12.1 Å². The van der Waals surface area contributed by atoms with Crippen LogP contribution in [-0.2, 0) is 0 Å². The van der Waals surface area contributed by atoms with E-state index in [1.165, 1.54) is 6.42 Å². The Bertz CT molecular complexity index is 351. The minimum atomic E-state index is 0.592. The van der Waals surface area contributed by atoms with Crippen molar-refractivity contribution in [3.63, 3.8) is 0 Å². The first-order chi connectivity index (χ1) is 6.33. The zero-order valence-corrected chi connectivity index (χ0v) is 7.70. The highest BCUT2D eigenvalue weighted by Gasteiger charge is 2.25. The van der Waals surface area contributed by atoms with Gasteiger partial charge in [-0.15, -0.1) is 0 Å². The van der Waals surface area contributed by atoms with Crippen LogP contribution in [0.25, 0.3) is 0 Å². The number of hydrogen-bond acceptors (Lipinski definition) is 2. The second-order valence-corrected chi connectivity index (χ2v) is 3.46. The van der Waals surface area contributed by atoms with Gasteiger partial charge in [-0.05, 0) is 25.5 Å². The maximum absolute atomic E-state index is 8.90. The maximum Gasteiger partial charge on any atom is 0.101 e. The summed E-state index contributed by atoms with van der Waals surface area (Å²) in [6, 6.07) is 10.6. The molecule has 0 aromatic heterocycles. The SMILES string of the molecule is CC1CCN1c1ccccc1C#N. The second kappa shape index (κ2) is 3.10. The molecule has 0 spiro atoms. The molecule has 1 saturated heterocycles. The molecule has 13 heavy (non-hydrogen) atoms. The molecule has 2 nitrogen and oxygen atoms in total. The molecular weight excluding hydrogens is 160 g/mol. The normalized spacial score (nSPS) is 20.6. The Morgan fingerprint density at radius 3 is 2.77 bits per heavy atom. The highest BCUT2D eigenvalue weighted by Crippen LogP contribution is 2.28. The summed E-state index contributed by atoms with van der Waals surface area (Å²) in [6.07, 6.45) is 1.24. The summed E-state index contributed by atoms with van der Waals surface area (Å²) in [7, 11) is 0. The summed E-state index contributed by atoms with van der Waals surface area (Å²) in [5.41, 5.74) is 1.87. The van der Waals surface area contributed by atoms with Gasteiger partial charge in [0.05, 0.1) is 11.3 Å². The summed E-state index contributed by atoms with van der Waals surface area (Å²) >= 11 is 0. The Morgan fingerprint density at radius 2 is 2.23 bits per heavy atom. The fourth-order valence-corrected chi connectivity index (χ4v) is 1.69. The molecule has 0 bridgehead atoms. The Balaban J connectivity index is 2.34. The molecule has 2 heteroatoms. The van der Waals surface area contributed by atoms with Crippen molar-refractivity contribution in [3.8, 4) is 6.07 Å². The number of benzene rings is 1. The van der Waals surface area contributed by atoms with Crippen LogP contribution in [0.1, 0.15) is 18.9 Å². The van der Waals surface area contributed by atoms with Crippen LogP contribution in [-0.4, -0.2) is 12.6 Å². The average molecular weight is 172 g/mol. The van der Waals surface area contributed by atoms with Crippen molar-refractivity contribution in [1.82, 2.24) is 0 Å². The van der Waals surface area contributed by atoms with Crippen molar-refractivity contribution in [2.45, 2.75) is 19.4 Å². The molecule has 1 heterocycles. The van der Waals surface area contributed by atoms with E-state index in [9.17, 15) is 0 Å². The average Bonchev–Trinajstić information content (AvgIpc) is 2.16. The Labute approximate surface area is 78.4 Å². The van der Waals surface area contributed by atoms with Gasteiger partial charge >= 0.3 is 0 Å². The molecule has 66 valence electrons. The van der Waals surface area contributed by atoms with E-state index in [-0.39, 0.29) is 0 Å². The first-order valence-electron chi connectivity index (χ1n) is 4.58. The molecule has 1 aromatic carbocycles. The van der Waals surface area contributed by atoms with E-state index < -0.39 is 0 Å². The maximum atomic E-state index is 8.90. The molecule has 1 aromatic rings. The van der Waals surface area contributed by atoms with E-state index in [1.807, 2.05) is 24.3 Å². The first-order valence-corrected chi connectivity index (χ1v) is 4.58. The third-order valence-corrected chi connectivity index (χ3v) is 2.65. The third-order valence-electron chi connectivity index (χ3n) is 2.65. The molecule has 0 saturated carbocycles. The summed E-state index contributed by atoms with van der Waals surface area (Å²) < 4.78 is 0. The minimum absolute atomic E-state index is 0.592. The largest absolute Gasteiger partial charge is 0.368 e. The van der Waals surface area contributed by atoms with E-state index >= 15 is 0 Å².